The largest absolute Gasteiger partial charge is 0.352 e. The van der Waals surface area contributed by atoms with E-state index in [1.807, 2.05) is 6.21 Å². The highest BCUT2D eigenvalue weighted by atomic mass is 15.2. The van der Waals surface area contributed by atoms with E-state index < -0.39 is 0 Å². The summed E-state index contributed by atoms with van der Waals surface area (Å²) in [6, 6.07) is 8.38. The van der Waals surface area contributed by atoms with Crippen molar-refractivity contribution in [1.29, 1.82) is 0 Å². The molecule has 1 aromatic carbocycles. The molecule has 0 atom stereocenters. The molecule has 3 heteroatoms. The fourth-order valence-electron chi connectivity index (χ4n) is 2.02. The fourth-order valence-corrected chi connectivity index (χ4v) is 2.02. The molecule has 0 aliphatic carbocycles. The van der Waals surface area contributed by atoms with E-state index in [-0.39, 0.29) is 0 Å². The van der Waals surface area contributed by atoms with Gasteiger partial charge in [-0.3, -0.25) is 4.99 Å². The molecule has 0 fully saturated rings. The minimum absolute atomic E-state index is 0.678. The van der Waals surface area contributed by atoms with Gasteiger partial charge in [-0.05, 0) is 6.07 Å². The van der Waals surface area contributed by atoms with Gasteiger partial charge in [0.05, 0.1) is 5.52 Å². The van der Waals surface area contributed by atoms with Crippen LogP contribution in [0.1, 0.15) is 5.56 Å². The number of aromatic nitrogens is 1. The number of nitrogens with zero attached hydrogens (tertiary/aromatic N) is 2. The number of benzene rings is 1. The second kappa shape index (κ2) is 2.61. The van der Waals surface area contributed by atoms with Gasteiger partial charge in [0.2, 0.25) is 0 Å². The zero-order chi connectivity index (χ0) is 9.54. The number of rotatable bonds is 0. The zero-order valence-electron chi connectivity index (χ0n) is 7.99. The maximum Gasteiger partial charge on any atom is 0.117 e. The van der Waals surface area contributed by atoms with E-state index in [9.17, 15) is 0 Å². The summed E-state index contributed by atoms with van der Waals surface area (Å²) >= 11 is 0. The molecule has 0 amide bonds. The van der Waals surface area contributed by atoms with Gasteiger partial charge in [0.25, 0.3) is 0 Å². The first-order valence-corrected chi connectivity index (χ1v) is 4.69. The Morgan fingerprint density at radius 1 is 1.36 bits per heavy atom. The maximum absolute atomic E-state index is 4.23. The molecule has 3 nitrogen and oxygen atoms in total. The van der Waals surface area contributed by atoms with Crippen LogP contribution in [-0.4, -0.2) is 17.5 Å². The predicted molar refractivity (Wildman–Crippen MR) is 59.0 cm³/mol. The molecule has 1 aliphatic heterocycles. The summed E-state index contributed by atoms with van der Waals surface area (Å²) in [4.78, 5) is 4.23. The molecule has 3 rings (SSSR count). The topological polar surface area (TPSA) is 29.3 Å². The predicted octanol–water partition coefficient (Wildman–Crippen LogP) is 1.98. The van der Waals surface area contributed by atoms with Crippen molar-refractivity contribution in [2.75, 3.05) is 12.0 Å². The highest BCUT2D eigenvalue weighted by Crippen LogP contribution is 2.28. The Kier molecular flexibility index (Phi) is 1.42. The van der Waals surface area contributed by atoms with Gasteiger partial charge in [-0.25, -0.2) is 0 Å². The van der Waals surface area contributed by atoms with Crippen LogP contribution in [0.5, 0.6) is 0 Å². The lowest BCUT2D eigenvalue weighted by Crippen LogP contribution is -2.09. The van der Waals surface area contributed by atoms with Crippen LogP contribution in [0.15, 0.2) is 29.3 Å². The van der Waals surface area contributed by atoms with Gasteiger partial charge in [-0.1, -0.05) is 18.2 Å². The van der Waals surface area contributed by atoms with E-state index in [4.69, 9.17) is 0 Å². The summed E-state index contributed by atoms with van der Waals surface area (Å²) < 4.78 is 2.18. The standard InChI is InChI=1S/C11H11N3/c1-14-10-5-3-2-4-8(10)9-6-12-7-13-11(9)14/h2-6,13H,7H2,1H3. The number of aliphatic imine (C=N–C) groups is 1. The first-order valence-electron chi connectivity index (χ1n) is 4.69. The van der Waals surface area contributed by atoms with Gasteiger partial charge in [-0.15, -0.1) is 0 Å². The quantitative estimate of drug-likeness (QED) is 0.668. The SMILES string of the molecule is Cn1c2c(c3ccccc31)C=NCN2. The first kappa shape index (κ1) is 7.62. The van der Waals surface area contributed by atoms with Crippen LogP contribution >= 0.6 is 0 Å². The Balaban J connectivity index is 2.48. The molecule has 1 N–H and O–H groups in total. The Hall–Kier alpha value is -1.77. The summed E-state index contributed by atoms with van der Waals surface area (Å²) in [7, 11) is 2.08. The van der Waals surface area contributed by atoms with Crippen molar-refractivity contribution in [3.63, 3.8) is 0 Å². The minimum atomic E-state index is 0.678. The van der Waals surface area contributed by atoms with Gasteiger partial charge in [0.1, 0.15) is 12.5 Å². The number of fused-ring (bicyclic) bond motifs is 3. The second-order valence-corrected chi connectivity index (χ2v) is 3.49. The normalized spacial score (nSPS) is 14.1. The number of para-hydroxylation sites is 1. The third-order valence-corrected chi connectivity index (χ3v) is 2.70. The van der Waals surface area contributed by atoms with Crippen molar-refractivity contribution < 1.29 is 0 Å². The van der Waals surface area contributed by atoms with E-state index in [0.29, 0.717) is 6.67 Å². The molecular formula is C11H11N3. The van der Waals surface area contributed by atoms with Gasteiger partial charge >= 0.3 is 0 Å². The smallest absolute Gasteiger partial charge is 0.117 e. The second-order valence-electron chi connectivity index (χ2n) is 3.49. The lowest BCUT2D eigenvalue weighted by atomic mass is 10.2. The minimum Gasteiger partial charge on any atom is -0.352 e. The molecule has 2 heterocycles. The van der Waals surface area contributed by atoms with Gasteiger partial charge in [-0.2, -0.15) is 0 Å². The molecule has 14 heavy (non-hydrogen) atoms. The Labute approximate surface area is 82.1 Å². The van der Waals surface area contributed by atoms with E-state index in [1.54, 1.807) is 0 Å². The van der Waals surface area contributed by atoms with Crippen LogP contribution in [0.2, 0.25) is 0 Å². The Morgan fingerprint density at radius 3 is 3.14 bits per heavy atom. The van der Waals surface area contributed by atoms with Gasteiger partial charge < -0.3 is 9.88 Å². The van der Waals surface area contributed by atoms with Crippen LogP contribution in [0, 0.1) is 0 Å². The maximum atomic E-state index is 4.23. The first-order chi connectivity index (χ1) is 6.88. The Bertz CT molecular complexity index is 523. The zero-order valence-corrected chi connectivity index (χ0v) is 7.99. The van der Waals surface area contributed by atoms with Crippen molar-refractivity contribution in [2.24, 2.45) is 12.0 Å². The van der Waals surface area contributed by atoms with Gasteiger partial charge in [0.15, 0.2) is 0 Å². The number of anilines is 1. The van der Waals surface area contributed by atoms with Crippen molar-refractivity contribution in [3.05, 3.63) is 29.8 Å². The summed E-state index contributed by atoms with van der Waals surface area (Å²) in [6.45, 7) is 0.678. The number of hydrogen-bond donors (Lipinski definition) is 1. The summed E-state index contributed by atoms with van der Waals surface area (Å²) in [5, 5.41) is 4.55. The van der Waals surface area contributed by atoms with Gasteiger partial charge in [0, 0.05) is 24.2 Å². The third-order valence-electron chi connectivity index (χ3n) is 2.70. The number of aryl methyl sites for hydroxylation is 1. The lowest BCUT2D eigenvalue weighted by molar-refractivity contribution is 0.945. The molecule has 0 radical (unpaired) electrons. The average molecular weight is 185 g/mol. The molecular weight excluding hydrogens is 174 g/mol. The monoisotopic (exact) mass is 185 g/mol. The molecule has 0 bridgehead atoms. The van der Waals surface area contributed by atoms with Crippen molar-refractivity contribution in [3.8, 4) is 0 Å². The molecule has 1 aromatic heterocycles. The molecule has 70 valence electrons. The highest BCUT2D eigenvalue weighted by Gasteiger charge is 2.14. The van der Waals surface area contributed by atoms with Crippen LogP contribution < -0.4 is 5.32 Å². The summed E-state index contributed by atoms with van der Waals surface area (Å²) in [5.74, 6) is 1.17. The van der Waals surface area contributed by atoms with Crippen molar-refractivity contribution >= 4 is 22.9 Å². The average Bonchev–Trinajstić information content (AvgIpc) is 2.55. The molecule has 0 saturated heterocycles. The molecule has 0 spiro atoms. The lowest BCUT2D eigenvalue weighted by Gasteiger charge is -2.10. The van der Waals surface area contributed by atoms with Crippen LogP contribution in [0.25, 0.3) is 10.9 Å². The number of hydrogen-bond acceptors (Lipinski definition) is 2. The van der Waals surface area contributed by atoms with Crippen molar-refractivity contribution in [2.45, 2.75) is 0 Å². The summed E-state index contributed by atoms with van der Waals surface area (Å²) in [6.07, 6.45) is 1.95. The Morgan fingerprint density at radius 2 is 2.21 bits per heavy atom. The third kappa shape index (κ3) is 0.839. The van der Waals surface area contributed by atoms with Crippen LogP contribution in [-0.2, 0) is 7.05 Å². The molecule has 1 aliphatic rings. The van der Waals surface area contributed by atoms with Crippen LogP contribution in [0.3, 0.4) is 0 Å². The van der Waals surface area contributed by atoms with E-state index in [2.05, 4.69) is 46.2 Å². The van der Waals surface area contributed by atoms with E-state index in [0.717, 1.165) is 0 Å². The fraction of sp³-hybridized carbons (Fsp3) is 0.182. The molecule has 2 aromatic rings. The van der Waals surface area contributed by atoms with E-state index >= 15 is 0 Å². The van der Waals surface area contributed by atoms with Crippen LogP contribution in [0.4, 0.5) is 5.82 Å². The summed E-state index contributed by atoms with van der Waals surface area (Å²) in [5.41, 5.74) is 2.45. The molecule has 0 saturated carbocycles. The van der Waals surface area contributed by atoms with Crippen molar-refractivity contribution in [1.82, 2.24) is 4.57 Å². The van der Waals surface area contributed by atoms with E-state index in [1.165, 1.54) is 22.3 Å². The highest BCUT2D eigenvalue weighted by molar-refractivity contribution is 6.06. The number of nitrogens with one attached hydrogen (secondary N) is 1. The molecule has 0 unspecified atom stereocenters.